The molecule has 0 amide bonds. The summed E-state index contributed by atoms with van der Waals surface area (Å²) in [6.45, 7) is 4.86. The number of hydrogen-bond donors (Lipinski definition) is 1. The fourth-order valence-electron chi connectivity index (χ4n) is 6.17. The Morgan fingerprint density at radius 2 is 1.97 bits per heavy atom. The first-order valence-electron chi connectivity index (χ1n) is 12.3. The van der Waals surface area contributed by atoms with Gasteiger partial charge in [-0.2, -0.15) is 5.10 Å². The van der Waals surface area contributed by atoms with Gasteiger partial charge >= 0.3 is 0 Å². The van der Waals surface area contributed by atoms with Crippen LogP contribution in [0.1, 0.15) is 67.7 Å². The van der Waals surface area contributed by atoms with E-state index in [1.807, 2.05) is 12.4 Å². The molecule has 3 aliphatic rings. The number of nitrogens with zero attached hydrogens (tertiary/aromatic N) is 4. The fraction of sp³-hybridized carbons (Fsp3) is 0.680. The van der Waals surface area contributed by atoms with Gasteiger partial charge in [0, 0.05) is 62.1 Å². The number of likely N-dealkylation sites (tertiary alicyclic amines) is 1. The maximum Gasteiger partial charge on any atom is 0.255 e. The molecule has 1 saturated carbocycles. The number of aromatic nitrogens is 3. The Morgan fingerprint density at radius 3 is 2.74 bits per heavy atom. The molecule has 1 N–H and O–H groups in total. The van der Waals surface area contributed by atoms with Gasteiger partial charge in [0.25, 0.3) is 5.56 Å². The Bertz CT molecular complexity index is 912. The van der Waals surface area contributed by atoms with Crippen molar-refractivity contribution in [1.29, 1.82) is 0 Å². The number of nitrogens with one attached hydrogen (secondary N) is 1. The molecule has 2 bridgehead atoms. The molecule has 2 fully saturated rings. The normalized spacial score (nSPS) is 24.8. The van der Waals surface area contributed by atoms with Crippen LogP contribution in [0.4, 0.5) is 0 Å². The lowest BCUT2D eigenvalue weighted by molar-refractivity contribution is 0.0743. The zero-order valence-corrected chi connectivity index (χ0v) is 18.9. The third-order valence-corrected chi connectivity index (χ3v) is 7.83. The highest BCUT2D eigenvalue weighted by atomic mass is 16.1. The van der Waals surface area contributed by atoms with E-state index >= 15 is 0 Å². The van der Waals surface area contributed by atoms with Crippen LogP contribution in [0.3, 0.4) is 0 Å². The fourth-order valence-corrected chi connectivity index (χ4v) is 6.17. The Hall–Kier alpha value is -1.92. The van der Waals surface area contributed by atoms with E-state index in [0.29, 0.717) is 18.4 Å². The molecule has 0 unspecified atom stereocenters. The molecule has 31 heavy (non-hydrogen) atoms. The molecule has 1 saturated heterocycles. The minimum absolute atomic E-state index is 0.241. The number of fused-ring (bicyclic) bond motifs is 4. The van der Waals surface area contributed by atoms with Gasteiger partial charge in [-0.1, -0.05) is 31.7 Å². The van der Waals surface area contributed by atoms with Gasteiger partial charge in [-0.3, -0.25) is 14.8 Å². The average molecular weight is 424 g/mol. The largest absolute Gasteiger partial charge is 0.312 e. The lowest BCUT2D eigenvalue weighted by atomic mass is 9.82. The van der Waals surface area contributed by atoms with Crippen LogP contribution in [0.15, 0.2) is 29.3 Å². The highest BCUT2D eigenvalue weighted by molar-refractivity contribution is 5.22. The smallest absolute Gasteiger partial charge is 0.255 e. The molecule has 4 heterocycles. The summed E-state index contributed by atoms with van der Waals surface area (Å²) in [4.78, 5) is 18.4. The van der Waals surface area contributed by atoms with Crippen LogP contribution in [-0.4, -0.2) is 57.3 Å². The summed E-state index contributed by atoms with van der Waals surface area (Å²) in [5, 5.41) is 6.88. The molecular weight excluding hydrogens is 386 g/mol. The Kier molecular flexibility index (Phi) is 6.28. The predicted molar refractivity (Wildman–Crippen MR) is 123 cm³/mol. The quantitative estimate of drug-likeness (QED) is 0.724. The standard InChI is InChI=1S/C25H37N5O/c1-28(11-10-19-13-26-27-14-19)17-21-8-9-24-22-12-20(16-30(24)25(21)31)15-29(18-22)23-6-4-2-3-5-7-23/h8-9,13-14,20,22-23H,2-7,10-12,15-18H2,1H3,(H,26,27)/t20-,22+/m0/s1. The second kappa shape index (κ2) is 9.29. The van der Waals surface area contributed by atoms with Gasteiger partial charge in [-0.25, -0.2) is 0 Å². The zero-order valence-electron chi connectivity index (χ0n) is 18.9. The maximum absolute atomic E-state index is 13.3. The number of piperidine rings is 1. The number of likely N-dealkylation sites (N-methyl/N-ethyl adjacent to an activating group) is 1. The molecule has 2 atom stereocenters. The molecule has 6 nitrogen and oxygen atoms in total. The second-order valence-corrected chi connectivity index (χ2v) is 10.2. The van der Waals surface area contributed by atoms with E-state index in [9.17, 15) is 4.79 Å². The van der Waals surface area contributed by atoms with E-state index in [1.54, 1.807) is 0 Å². The van der Waals surface area contributed by atoms with Crippen molar-refractivity contribution in [3.05, 3.63) is 51.7 Å². The van der Waals surface area contributed by atoms with Crippen LogP contribution in [-0.2, 0) is 19.5 Å². The number of H-pyrrole nitrogens is 1. The topological polar surface area (TPSA) is 57.2 Å². The Labute approximate surface area is 185 Å². The van der Waals surface area contributed by atoms with Gasteiger partial charge in [0.15, 0.2) is 0 Å². The van der Waals surface area contributed by atoms with Crippen molar-refractivity contribution in [2.45, 2.75) is 76.4 Å². The first-order chi connectivity index (χ1) is 15.2. The van der Waals surface area contributed by atoms with Crippen molar-refractivity contribution < 1.29 is 0 Å². The average Bonchev–Trinajstić information content (AvgIpc) is 3.14. The Balaban J connectivity index is 1.27. The van der Waals surface area contributed by atoms with Crippen molar-refractivity contribution in [3.8, 4) is 0 Å². The molecule has 0 radical (unpaired) electrons. The molecule has 6 heteroatoms. The van der Waals surface area contributed by atoms with Gasteiger partial charge in [0.05, 0.1) is 6.20 Å². The summed E-state index contributed by atoms with van der Waals surface area (Å²) in [7, 11) is 2.10. The van der Waals surface area contributed by atoms with Crippen molar-refractivity contribution in [3.63, 3.8) is 0 Å². The summed E-state index contributed by atoms with van der Waals surface area (Å²) < 4.78 is 2.13. The van der Waals surface area contributed by atoms with Crippen LogP contribution in [0, 0.1) is 5.92 Å². The molecular formula is C25H37N5O. The molecule has 2 aliphatic heterocycles. The Morgan fingerprint density at radius 1 is 1.13 bits per heavy atom. The van der Waals surface area contributed by atoms with Gasteiger partial charge in [0.2, 0.25) is 0 Å². The molecule has 168 valence electrons. The van der Waals surface area contributed by atoms with E-state index in [4.69, 9.17) is 0 Å². The third kappa shape index (κ3) is 4.65. The minimum Gasteiger partial charge on any atom is -0.312 e. The number of hydrogen-bond acceptors (Lipinski definition) is 4. The monoisotopic (exact) mass is 423 g/mol. The second-order valence-electron chi connectivity index (χ2n) is 10.2. The number of aromatic amines is 1. The summed E-state index contributed by atoms with van der Waals surface area (Å²) >= 11 is 0. The van der Waals surface area contributed by atoms with Crippen LogP contribution in [0.25, 0.3) is 0 Å². The van der Waals surface area contributed by atoms with Crippen molar-refractivity contribution in [2.75, 3.05) is 26.7 Å². The van der Waals surface area contributed by atoms with Crippen LogP contribution in [0.2, 0.25) is 0 Å². The number of rotatable bonds is 6. The van der Waals surface area contributed by atoms with Crippen LogP contribution >= 0.6 is 0 Å². The molecule has 2 aromatic rings. The van der Waals surface area contributed by atoms with Gasteiger partial charge in [-0.15, -0.1) is 0 Å². The van der Waals surface area contributed by atoms with E-state index in [-0.39, 0.29) is 5.56 Å². The van der Waals surface area contributed by atoms with E-state index in [0.717, 1.165) is 37.7 Å². The maximum atomic E-state index is 13.3. The SMILES string of the molecule is CN(CCc1cn[nH]c1)Cc1ccc2n(c1=O)C[C@H]1C[C@@H]2CN(C2CCCCCC2)C1. The molecule has 1 aliphatic carbocycles. The first kappa shape index (κ1) is 21.0. The van der Waals surface area contributed by atoms with Crippen molar-refractivity contribution in [2.24, 2.45) is 5.92 Å². The minimum atomic E-state index is 0.241. The van der Waals surface area contributed by atoms with Gasteiger partial charge in [0.1, 0.15) is 0 Å². The third-order valence-electron chi connectivity index (χ3n) is 7.83. The van der Waals surface area contributed by atoms with E-state index in [2.05, 4.69) is 43.7 Å². The highest BCUT2D eigenvalue weighted by Gasteiger charge is 2.37. The summed E-state index contributed by atoms with van der Waals surface area (Å²) in [5.74, 6) is 1.15. The molecule has 2 aromatic heterocycles. The zero-order chi connectivity index (χ0) is 21.2. The van der Waals surface area contributed by atoms with Crippen molar-refractivity contribution >= 4 is 0 Å². The summed E-state index contributed by atoms with van der Waals surface area (Å²) in [6.07, 6.45) is 14.4. The predicted octanol–water partition coefficient (Wildman–Crippen LogP) is 3.39. The number of pyridine rings is 1. The summed E-state index contributed by atoms with van der Waals surface area (Å²) in [5.41, 5.74) is 3.66. The lowest BCUT2D eigenvalue weighted by Crippen LogP contribution is -2.50. The summed E-state index contributed by atoms with van der Waals surface area (Å²) in [6, 6.07) is 5.14. The van der Waals surface area contributed by atoms with Gasteiger partial charge in [-0.05, 0) is 50.3 Å². The van der Waals surface area contributed by atoms with Crippen LogP contribution in [0.5, 0.6) is 0 Å². The highest BCUT2D eigenvalue weighted by Crippen LogP contribution is 2.37. The van der Waals surface area contributed by atoms with Gasteiger partial charge < -0.3 is 9.47 Å². The lowest BCUT2D eigenvalue weighted by Gasteiger charge is -2.46. The van der Waals surface area contributed by atoms with E-state index < -0.39 is 0 Å². The first-order valence-corrected chi connectivity index (χ1v) is 12.3. The molecule has 0 spiro atoms. The van der Waals surface area contributed by atoms with Crippen LogP contribution < -0.4 is 5.56 Å². The molecule has 5 rings (SSSR count). The van der Waals surface area contributed by atoms with Crippen molar-refractivity contribution in [1.82, 2.24) is 24.6 Å². The molecule has 0 aromatic carbocycles. The van der Waals surface area contributed by atoms with E-state index in [1.165, 1.54) is 62.7 Å².